The molecule has 166 valence electrons. The van der Waals surface area contributed by atoms with E-state index < -0.39 is 11.6 Å². The van der Waals surface area contributed by atoms with Crippen molar-refractivity contribution in [3.63, 3.8) is 0 Å². The number of rotatable bonds is 10. The number of hydrogen-bond donors (Lipinski definition) is 2. The quantitative estimate of drug-likeness (QED) is 0.211. The van der Waals surface area contributed by atoms with Crippen LogP contribution < -0.4 is 20.1 Å². The summed E-state index contributed by atoms with van der Waals surface area (Å²) in [7, 11) is 3.30. The number of aliphatic imine (C=N–C) groups is 1. The molecule has 2 aromatic carbocycles. The van der Waals surface area contributed by atoms with Crippen LogP contribution in [0.4, 0.5) is 8.78 Å². The monoisotopic (exact) mass is 535 g/mol. The van der Waals surface area contributed by atoms with Crippen molar-refractivity contribution in [1.82, 2.24) is 10.6 Å². The summed E-state index contributed by atoms with van der Waals surface area (Å²) in [6.45, 7) is 4.22. The van der Waals surface area contributed by atoms with Gasteiger partial charge in [0.15, 0.2) is 17.6 Å². The van der Waals surface area contributed by atoms with Crippen molar-refractivity contribution in [2.24, 2.45) is 4.99 Å². The summed E-state index contributed by atoms with van der Waals surface area (Å²) in [4.78, 5) is 4.16. The van der Waals surface area contributed by atoms with Gasteiger partial charge in [-0.25, -0.2) is 8.78 Å². The number of nitrogens with zero attached hydrogens (tertiary/aromatic N) is 1. The molecular weight excluding hydrogens is 507 g/mol. The van der Waals surface area contributed by atoms with Crippen molar-refractivity contribution in [1.29, 1.82) is 0 Å². The average molecular weight is 535 g/mol. The first-order valence-corrected chi connectivity index (χ1v) is 9.27. The fourth-order valence-corrected chi connectivity index (χ4v) is 2.48. The minimum Gasteiger partial charge on any atom is -0.492 e. The molecule has 30 heavy (non-hydrogen) atoms. The van der Waals surface area contributed by atoms with Crippen LogP contribution in [0.3, 0.4) is 0 Å². The minimum atomic E-state index is -0.936. The van der Waals surface area contributed by atoms with E-state index in [4.69, 9.17) is 14.2 Å². The van der Waals surface area contributed by atoms with Gasteiger partial charge >= 0.3 is 0 Å². The summed E-state index contributed by atoms with van der Waals surface area (Å²) in [5.41, 5.74) is 2.10. The number of aryl methyl sites for hydroxylation is 1. The van der Waals surface area contributed by atoms with Gasteiger partial charge in [-0.05, 0) is 30.7 Å². The lowest BCUT2D eigenvalue weighted by molar-refractivity contribution is 0.145. The Hall–Kier alpha value is -2.14. The highest BCUT2D eigenvalue weighted by Crippen LogP contribution is 2.20. The second-order valence-corrected chi connectivity index (χ2v) is 6.23. The highest BCUT2D eigenvalue weighted by Gasteiger charge is 2.07. The molecule has 0 atom stereocenters. The van der Waals surface area contributed by atoms with Crippen LogP contribution in [0.2, 0.25) is 0 Å². The van der Waals surface area contributed by atoms with E-state index in [-0.39, 0.29) is 36.3 Å². The molecule has 0 bridgehead atoms. The number of halogens is 3. The Morgan fingerprint density at radius 1 is 0.967 bits per heavy atom. The van der Waals surface area contributed by atoms with Gasteiger partial charge in [0, 0.05) is 32.3 Å². The fraction of sp³-hybridized carbons (Fsp3) is 0.381. The second-order valence-electron chi connectivity index (χ2n) is 6.23. The Bertz CT molecular complexity index is 822. The third-order valence-corrected chi connectivity index (χ3v) is 3.99. The van der Waals surface area contributed by atoms with Crippen LogP contribution in [-0.4, -0.2) is 46.5 Å². The largest absolute Gasteiger partial charge is 0.492 e. The Kier molecular flexibility index (Phi) is 12.1. The molecule has 6 nitrogen and oxygen atoms in total. The third-order valence-electron chi connectivity index (χ3n) is 3.99. The first-order chi connectivity index (χ1) is 14.0. The van der Waals surface area contributed by atoms with Crippen LogP contribution in [0.1, 0.15) is 11.1 Å². The molecule has 2 aromatic rings. The molecule has 0 heterocycles. The maximum absolute atomic E-state index is 13.2. The molecule has 0 spiro atoms. The normalized spacial score (nSPS) is 10.9. The Morgan fingerprint density at radius 3 is 2.47 bits per heavy atom. The van der Waals surface area contributed by atoms with Crippen molar-refractivity contribution >= 4 is 29.9 Å². The van der Waals surface area contributed by atoms with Gasteiger partial charge in [0.2, 0.25) is 0 Å². The van der Waals surface area contributed by atoms with E-state index in [2.05, 4.69) is 15.6 Å². The van der Waals surface area contributed by atoms with Crippen LogP contribution in [0.25, 0.3) is 0 Å². The zero-order chi connectivity index (χ0) is 21.1. The number of benzene rings is 2. The lowest BCUT2D eigenvalue weighted by Gasteiger charge is -2.15. The van der Waals surface area contributed by atoms with Crippen molar-refractivity contribution in [2.45, 2.75) is 13.5 Å². The molecule has 0 radical (unpaired) electrons. The summed E-state index contributed by atoms with van der Waals surface area (Å²) in [6, 6.07) is 9.44. The van der Waals surface area contributed by atoms with E-state index in [0.29, 0.717) is 32.3 Å². The molecule has 0 aliphatic carbocycles. The zero-order valence-corrected chi connectivity index (χ0v) is 19.7. The van der Waals surface area contributed by atoms with E-state index in [1.54, 1.807) is 14.2 Å². The molecule has 0 amide bonds. The highest BCUT2D eigenvalue weighted by atomic mass is 127. The van der Waals surface area contributed by atoms with E-state index in [1.807, 2.05) is 25.1 Å². The Morgan fingerprint density at radius 2 is 1.77 bits per heavy atom. The third kappa shape index (κ3) is 8.70. The van der Waals surface area contributed by atoms with E-state index in [9.17, 15) is 8.78 Å². The predicted octanol–water partition coefficient (Wildman–Crippen LogP) is 3.66. The molecule has 0 saturated heterocycles. The molecule has 0 saturated carbocycles. The smallest absolute Gasteiger partial charge is 0.191 e. The zero-order valence-electron chi connectivity index (χ0n) is 17.3. The van der Waals surface area contributed by atoms with Crippen molar-refractivity contribution in [3.05, 3.63) is 59.2 Å². The molecule has 0 aromatic heterocycles. The van der Waals surface area contributed by atoms with E-state index in [1.165, 1.54) is 6.07 Å². The molecule has 0 unspecified atom stereocenters. The summed E-state index contributed by atoms with van der Waals surface area (Å²) >= 11 is 0. The standard InChI is InChI=1S/C21H27F2N3O3.HI/c1-15-4-5-16(20(12-15)29-11-10-27-3)14-26-21(24-2)25-8-9-28-17-6-7-18(22)19(23)13-17;/h4-7,12-13H,8-11,14H2,1-3H3,(H2,24,25,26);1H. The van der Waals surface area contributed by atoms with Crippen LogP contribution in [0.5, 0.6) is 11.5 Å². The van der Waals surface area contributed by atoms with Crippen LogP contribution in [0, 0.1) is 18.6 Å². The van der Waals surface area contributed by atoms with Crippen LogP contribution >= 0.6 is 24.0 Å². The summed E-state index contributed by atoms with van der Waals surface area (Å²) in [6.07, 6.45) is 0. The fourth-order valence-electron chi connectivity index (χ4n) is 2.48. The van der Waals surface area contributed by atoms with Crippen LogP contribution in [0.15, 0.2) is 41.4 Å². The van der Waals surface area contributed by atoms with Crippen molar-refractivity contribution in [2.75, 3.05) is 40.5 Å². The van der Waals surface area contributed by atoms with Gasteiger partial charge in [0.05, 0.1) is 13.2 Å². The van der Waals surface area contributed by atoms with Gasteiger partial charge in [-0.3, -0.25) is 4.99 Å². The Balaban J connectivity index is 0.00000450. The molecule has 2 rings (SSSR count). The molecule has 9 heteroatoms. The van der Waals surface area contributed by atoms with Gasteiger partial charge in [-0.2, -0.15) is 0 Å². The van der Waals surface area contributed by atoms with Crippen molar-refractivity contribution < 1.29 is 23.0 Å². The minimum absolute atomic E-state index is 0. The molecule has 0 aliphatic heterocycles. The summed E-state index contributed by atoms with van der Waals surface area (Å²) in [5, 5.41) is 6.32. The maximum atomic E-state index is 13.2. The molecule has 2 N–H and O–H groups in total. The van der Waals surface area contributed by atoms with Crippen LogP contribution in [-0.2, 0) is 11.3 Å². The Labute approximate surface area is 193 Å². The summed E-state index contributed by atoms with van der Waals surface area (Å²) in [5.74, 6) is -0.184. The van der Waals surface area contributed by atoms with E-state index in [0.717, 1.165) is 29.0 Å². The molecule has 0 fully saturated rings. The topological polar surface area (TPSA) is 64.1 Å². The SMILES string of the molecule is CN=C(NCCOc1ccc(F)c(F)c1)NCc1ccc(C)cc1OCCOC.I. The predicted molar refractivity (Wildman–Crippen MR) is 124 cm³/mol. The first kappa shape index (κ1) is 25.9. The van der Waals surface area contributed by atoms with Gasteiger partial charge in [0.1, 0.15) is 24.7 Å². The second kappa shape index (κ2) is 14.0. The van der Waals surface area contributed by atoms with E-state index >= 15 is 0 Å². The van der Waals surface area contributed by atoms with Gasteiger partial charge in [0.25, 0.3) is 0 Å². The summed E-state index contributed by atoms with van der Waals surface area (Å²) < 4.78 is 42.3. The maximum Gasteiger partial charge on any atom is 0.191 e. The number of hydrogen-bond acceptors (Lipinski definition) is 4. The average Bonchev–Trinajstić information content (AvgIpc) is 2.71. The highest BCUT2D eigenvalue weighted by molar-refractivity contribution is 14.0. The number of nitrogens with one attached hydrogen (secondary N) is 2. The van der Waals surface area contributed by atoms with Gasteiger partial charge < -0.3 is 24.8 Å². The first-order valence-electron chi connectivity index (χ1n) is 9.27. The van der Waals surface area contributed by atoms with Gasteiger partial charge in [-0.1, -0.05) is 12.1 Å². The van der Waals surface area contributed by atoms with Gasteiger partial charge in [-0.15, -0.1) is 24.0 Å². The lowest BCUT2D eigenvalue weighted by atomic mass is 10.1. The van der Waals surface area contributed by atoms with Crippen molar-refractivity contribution in [3.8, 4) is 11.5 Å². The lowest BCUT2D eigenvalue weighted by Crippen LogP contribution is -2.39. The number of methoxy groups -OCH3 is 1. The number of guanidine groups is 1. The molecular formula is C21H28F2IN3O3. The number of ether oxygens (including phenoxy) is 3. The molecule has 0 aliphatic rings.